The molecule has 1 aromatic rings. The molecule has 0 aromatic heterocycles. The van der Waals surface area contributed by atoms with E-state index in [1.165, 1.54) is 5.56 Å². The molecule has 0 spiro atoms. The van der Waals surface area contributed by atoms with Gasteiger partial charge in [0, 0.05) is 23.3 Å². The van der Waals surface area contributed by atoms with E-state index >= 15 is 0 Å². The SMILES string of the molecule is Cc1ccc(Br)c(NCCCCCO)c1. The Morgan fingerprint density at radius 3 is 2.80 bits per heavy atom. The van der Waals surface area contributed by atoms with Crippen molar-refractivity contribution in [2.75, 3.05) is 18.5 Å². The van der Waals surface area contributed by atoms with Crippen molar-refractivity contribution >= 4 is 21.6 Å². The van der Waals surface area contributed by atoms with E-state index in [1.807, 2.05) is 0 Å². The molecular weight excluding hydrogens is 254 g/mol. The van der Waals surface area contributed by atoms with E-state index in [-0.39, 0.29) is 0 Å². The fraction of sp³-hybridized carbons (Fsp3) is 0.500. The lowest BCUT2D eigenvalue weighted by Gasteiger charge is -2.09. The van der Waals surface area contributed by atoms with Gasteiger partial charge in [0.15, 0.2) is 0 Å². The molecule has 1 aromatic carbocycles. The Hall–Kier alpha value is -0.540. The Kier molecular flexibility index (Phi) is 5.73. The number of aliphatic hydroxyl groups excluding tert-OH is 1. The van der Waals surface area contributed by atoms with Gasteiger partial charge in [0.05, 0.1) is 0 Å². The summed E-state index contributed by atoms with van der Waals surface area (Å²) in [5, 5.41) is 12.0. The van der Waals surface area contributed by atoms with Crippen molar-refractivity contribution in [2.24, 2.45) is 0 Å². The second-order valence-electron chi connectivity index (χ2n) is 3.69. The second-order valence-corrected chi connectivity index (χ2v) is 4.55. The fourth-order valence-electron chi connectivity index (χ4n) is 1.41. The quantitative estimate of drug-likeness (QED) is 0.778. The number of nitrogens with one attached hydrogen (secondary N) is 1. The van der Waals surface area contributed by atoms with Gasteiger partial charge in [-0.15, -0.1) is 0 Å². The number of benzene rings is 1. The Bertz CT molecular complexity index is 302. The Balaban J connectivity index is 2.33. The normalized spacial score (nSPS) is 10.3. The molecule has 0 bridgehead atoms. The van der Waals surface area contributed by atoms with Gasteiger partial charge in [0.25, 0.3) is 0 Å². The number of aliphatic hydroxyl groups is 1. The summed E-state index contributed by atoms with van der Waals surface area (Å²) in [5.41, 5.74) is 2.41. The summed E-state index contributed by atoms with van der Waals surface area (Å²) in [7, 11) is 0. The maximum absolute atomic E-state index is 8.64. The molecular formula is C12H18BrNO. The van der Waals surface area contributed by atoms with Crippen LogP contribution in [0.5, 0.6) is 0 Å². The predicted molar refractivity (Wildman–Crippen MR) is 68.3 cm³/mol. The lowest BCUT2D eigenvalue weighted by Crippen LogP contribution is -2.02. The number of aryl methyl sites for hydroxylation is 1. The number of rotatable bonds is 6. The number of anilines is 1. The minimum absolute atomic E-state index is 0.300. The van der Waals surface area contributed by atoms with E-state index in [9.17, 15) is 0 Å². The minimum Gasteiger partial charge on any atom is -0.396 e. The minimum atomic E-state index is 0.300. The standard InChI is InChI=1S/C12H18BrNO/c1-10-5-6-11(13)12(9-10)14-7-3-2-4-8-15/h5-6,9,14-15H,2-4,7-8H2,1H3. The molecule has 0 fully saturated rings. The molecule has 0 aliphatic rings. The van der Waals surface area contributed by atoms with E-state index in [4.69, 9.17) is 5.11 Å². The number of hydrogen-bond donors (Lipinski definition) is 2. The van der Waals surface area contributed by atoms with Crippen LogP contribution in [0, 0.1) is 6.92 Å². The molecule has 0 amide bonds. The van der Waals surface area contributed by atoms with Gasteiger partial charge in [-0.25, -0.2) is 0 Å². The zero-order valence-electron chi connectivity index (χ0n) is 9.09. The maximum atomic E-state index is 8.64. The van der Waals surface area contributed by atoms with E-state index in [0.717, 1.165) is 36.0 Å². The van der Waals surface area contributed by atoms with Gasteiger partial charge in [-0.2, -0.15) is 0 Å². The average Bonchev–Trinajstić information content (AvgIpc) is 2.23. The molecule has 3 heteroatoms. The predicted octanol–water partition coefficient (Wildman–Crippen LogP) is 3.33. The topological polar surface area (TPSA) is 32.3 Å². The molecule has 0 radical (unpaired) electrons. The van der Waals surface area contributed by atoms with Crippen molar-refractivity contribution in [1.82, 2.24) is 0 Å². The highest BCUT2D eigenvalue weighted by atomic mass is 79.9. The molecule has 1 rings (SSSR count). The maximum Gasteiger partial charge on any atom is 0.0487 e. The van der Waals surface area contributed by atoms with E-state index in [1.54, 1.807) is 0 Å². The van der Waals surface area contributed by atoms with Crippen LogP contribution in [-0.2, 0) is 0 Å². The molecule has 0 aliphatic heterocycles. The van der Waals surface area contributed by atoms with Gasteiger partial charge < -0.3 is 10.4 Å². The number of halogens is 1. The van der Waals surface area contributed by atoms with Crippen LogP contribution >= 0.6 is 15.9 Å². The van der Waals surface area contributed by atoms with Crippen LogP contribution in [-0.4, -0.2) is 18.3 Å². The van der Waals surface area contributed by atoms with Crippen LogP contribution in [0.25, 0.3) is 0 Å². The highest BCUT2D eigenvalue weighted by molar-refractivity contribution is 9.10. The van der Waals surface area contributed by atoms with Crippen LogP contribution in [0.15, 0.2) is 22.7 Å². The van der Waals surface area contributed by atoms with Crippen LogP contribution in [0.3, 0.4) is 0 Å². The summed E-state index contributed by atoms with van der Waals surface area (Å²) in [5.74, 6) is 0. The van der Waals surface area contributed by atoms with Crippen LogP contribution in [0.1, 0.15) is 24.8 Å². The van der Waals surface area contributed by atoms with Gasteiger partial charge in [-0.1, -0.05) is 6.07 Å². The molecule has 0 aliphatic carbocycles. The Morgan fingerprint density at radius 2 is 2.07 bits per heavy atom. The molecule has 0 atom stereocenters. The van der Waals surface area contributed by atoms with Gasteiger partial charge in [-0.3, -0.25) is 0 Å². The highest BCUT2D eigenvalue weighted by Crippen LogP contribution is 2.23. The monoisotopic (exact) mass is 271 g/mol. The second kappa shape index (κ2) is 6.85. The summed E-state index contributed by atoms with van der Waals surface area (Å²) >= 11 is 3.51. The summed E-state index contributed by atoms with van der Waals surface area (Å²) in [4.78, 5) is 0. The summed E-state index contributed by atoms with van der Waals surface area (Å²) in [6.07, 6.45) is 3.07. The van der Waals surface area contributed by atoms with Crippen LogP contribution < -0.4 is 5.32 Å². The van der Waals surface area contributed by atoms with Crippen molar-refractivity contribution in [1.29, 1.82) is 0 Å². The van der Waals surface area contributed by atoms with E-state index in [2.05, 4.69) is 46.4 Å². The van der Waals surface area contributed by atoms with Crippen molar-refractivity contribution in [3.05, 3.63) is 28.2 Å². The molecule has 0 saturated heterocycles. The molecule has 0 saturated carbocycles. The highest BCUT2D eigenvalue weighted by Gasteiger charge is 1.98. The van der Waals surface area contributed by atoms with Crippen molar-refractivity contribution in [3.63, 3.8) is 0 Å². The molecule has 15 heavy (non-hydrogen) atoms. The number of unbranched alkanes of at least 4 members (excludes halogenated alkanes) is 2. The van der Waals surface area contributed by atoms with Crippen molar-refractivity contribution < 1.29 is 5.11 Å². The first-order chi connectivity index (χ1) is 7.24. The summed E-state index contributed by atoms with van der Waals surface area (Å²) in [6, 6.07) is 6.28. The first kappa shape index (κ1) is 12.5. The number of hydrogen-bond acceptors (Lipinski definition) is 2. The average molecular weight is 272 g/mol. The largest absolute Gasteiger partial charge is 0.396 e. The van der Waals surface area contributed by atoms with E-state index in [0.29, 0.717) is 6.61 Å². The zero-order valence-corrected chi connectivity index (χ0v) is 10.7. The first-order valence-electron chi connectivity index (χ1n) is 5.35. The smallest absolute Gasteiger partial charge is 0.0487 e. The molecule has 2 N–H and O–H groups in total. The van der Waals surface area contributed by atoms with Gasteiger partial charge in [0.1, 0.15) is 0 Å². The fourth-order valence-corrected chi connectivity index (χ4v) is 1.80. The van der Waals surface area contributed by atoms with Gasteiger partial charge >= 0.3 is 0 Å². The molecule has 0 heterocycles. The van der Waals surface area contributed by atoms with Crippen LogP contribution in [0.2, 0.25) is 0 Å². The molecule has 84 valence electrons. The van der Waals surface area contributed by atoms with Gasteiger partial charge in [0.2, 0.25) is 0 Å². The molecule has 2 nitrogen and oxygen atoms in total. The van der Waals surface area contributed by atoms with Crippen molar-refractivity contribution in [2.45, 2.75) is 26.2 Å². The van der Waals surface area contributed by atoms with Gasteiger partial charge in [-0.05, 0) is 59.8 Å². The summed E-state index contributed by atoms with van der Waals surface area (Å²) in [6.45, 7) is 3.35. The third-order valence-electron chi connectivity index (χ3n) is 2.27. The van der Waals surface area contributed by atoms with Crippen LogP contribution in [0.4, 0.5) is 5.69 Å². The molecule has 0 unspecified atom stereocenters. The third-order valence-corrected chi connectivity index (χ3v) is 2.96. The first-order valence-corrected chi connectivity index (χ1v) is 6.14. The Morgan fingerprint density at radius 1 is 1.27 bits per heavy atom. The van der Waals surface area contributed by atoms with E-state index < -0.39 is 0 Å². The Labute approximate surface area is 99.8 Å². The van der Waals surface area contributed by atoms with Crippen molar-refractivity contribution in [3.8, 4) is 0 Å². The zero-order chi connectivity index (χ0) is 11.1. The summed E-state index contributed by atoms with van der Waals surface area (Å²) < 4.78 is 1.11. The lowest BCUT2D eigenvalue weighted by molar-refractivity contribution is 0.283. The lowest BCUT2D eigenvalue weighted by atomic mass is 10.2. The third kappa shape index (κ3) is 4.67.